The SMILES string of the molecule is O=C(O)c1sc2cccc(F)c2c1CNC1CC=CCC1. The molecule has 0 amide bonds. The number of thiophene rings is 1. The van der Waals surface area contributed by atoms with E-state index < -0.39 is 5.97 Å². The van der Waals surface area contributed by atoms with Crippen LogP contribution in [0.15, 0.2) is 30.4 Å². The molecule has 1 aromatic heterocycles. The number of benzene rings is 1. The summed E-state index contributed by atoms with van der Waals surface area (Å²) in [5.74, 6) is -1.34. The Balaban J connectivity index is 1.93. The lowest BCUT2D eigenvalue weighted by Crippen LogP contribution is -2.29. The van der Waals surface area contributed by atoms with Gasteiger partial charge in [-0.2, -0.15) is 0 Å². The van der Waals surface area contributed by atoms with Gasteiger partial charge in [-0.15, -0.1) is 11.3 Å². The maximum absolute atomic E-state index is 14.1. The first kappa shape index (κ1) is 14.2. The molecule has 1 aliphatic carbocycles. The number of rotatable bonds is 4. The summed E-state index contributed by atoms with van der Waals surface area (Å²) in [5, 5.41) is 13.2. The Morgan fingerprint density at radius 3 is 3.00 bits per heavy atom. The van der Waals surface area contributed by atoms with Crippen LogP contribution in [0.25, 0.3) is 10.1 Å². The fourth-order valence-electron chi connectivity index (χ4n) is 2.73. The summed E-state index contributed by atoms with van der Waals surface area (Å²) in [5.41, 5.74) is 0.565. The minimum absolute atomic E-state index is 0.231. The summed E-state index contributed by atoms with van der Waals surface area (Å²) in [7, 11) is 0. The third kappa shape index (κ3) is 2.84. The van der Waals surface area contributed by atoms with E-state index in [1.165, 1.54) is 6.07 Å². The molecular weight excluding hydrogens is 289 g/mol. The summed E-state index contributed by atoms with van der Waals surface area (Å²) in [6, 6.07) is 5.09. The van der Waals surface area contributed by atoms with E-state index in [9.17, 15) is 14.3 Å². The molecule has 1 heterocycles. The van der Waals surface area contributed by atoms with Crippen LogP contribution in [0.4, 0.5) is 4.39 Å². The Morgan fingerprint density at radius 1 is 1.43 bits per heavy atom. The molecule has 3 rings (SSSR count). The number of carbonyl (C=O) groups is 1. The van der Waals surface area contributed by atoms with Crippen LogP contribution >= 0.6 is 11.3 Å². The molecule has 0 saturated heterocycles. The van der Waals surface area contributed by atoms with Crippen molar-refractivity contribution in [2.24, 2.45) is 0 Å². The van der Waals surface area contributed by atoms with Crippen LogP contribution < -0.4 is 5.32 Å². The summed E-state index contributed by atoms with van der Waals surface area (Å²) in [6.45, 7) is 0.390. The minimum atomic E-state index is -0.990. The largest absolute Gasteiger partial charge is 0.477 e. The van der Waals surface area contributed by atoms with E-state index in [4.69, 9.17) is 0 Å². The predicted molar refractivity (Wildman–Crippen MR) is 82.4 cm³/mol. The highest BCUT2D eigenvalue weighted by Crippen LogP contribution is 2.33. The average molecular weight is 305 g/mol. The first-order valence-electron chi connectivity index (χ1n) is 6.98. The zero-order valence-corrected chi connectivity index (χ0v) is 12.3. The number of carboxylic acid groups (broad SMARTS) is 1. The summed E-state index contributed by atoms with van der Waals surface area (Å²) in [6.07, 6.45) is 7.28. The van der Waals surface area contributed by atoms with Crippen LogP contribution in [0.1, 0.15) is 34.5 Å². The Bertz CT molecular complexity index is 708. The monoisotopic (exact) mass is 305 g/mol. The van der Waals surface area contributed by atoms with Crippen molar-refractivity contribution in [3.63, 3.8) is 0 Å². The van der Waals surface area contributed by atoms with Crippen molar-refractivity contribution in [1.82, 2.24) is 5.32 Å². The van der Waals surface area contributed by atoms with Crippen LogP contribution in [0.5, 0.6) is 0 Å². The lowest BCUT2D eigenvalue weighted by molar-refractivity contribution is 0.0701. The van der Waals surface area contributed by atoms with Crippen molar-refractivity contribution >= 4 is 27.4 Å². The van der Waals surface area contributed by atoms with Crippen LogP contribution in [0, 0.1) is 5.82 Å². The second kappa shape index (κ2) is 5.95. The smallest absolute Gasteiger partial charge is 0.346 e. The molecule has 3 nitrogen and oxygen atoms in total. The zero-order valence-electron chi connectivity index (χ0n) is 11.4. The van der Waals surface area contributed by atoms with Gasteiger partial charge in [0.1, 0.15) is 10.7 Å². The van der Waals surface area contributed by atoms with Gasteiger partial charge >= 0.3 is 5.97 Å². The highest BCUT2D eigenvalue weighted by Gasteiger charge is 2.21. The number of hydrogen-bond acceptors (Lipinski definition) is 3. The van der Waals surface area contributed by atoms with Gasteiger partial charge in [0, 0.05) is 28.2 Å². The highest BCUT2D eigenvalue weighted by molar-refractivity contribution is 7.21. The maximum Gasteiger partial charge on any atom is 0.346 e. The van der Waals surface area contributed by atoms with E-state index in [0.717, 1.165) is 30.6 Å². The molecule has 0 fully saturated rings. The molecule has 0 spiro atoms. The maximum atomic E-state index is 14.1. The Labute approximate surface area is 126 Å². The normalized spacial score (nSPS) is 18.2. The lowest BCUT2D eigenvalue weighted by Gasteiger charge is -2.19. The molecule has 0 radical (unpaired) electrons. The van der Waals surface area contributed by atoms with Crippen molar-refractivity contribution in [1.29, 1.82) is 0 Å². The van der Waals surface area contributed by atoms with Gasteiger partial charge in [0.2, 0.25) is 0 Å². The number of allylic oxidation sites excluding steroid dienone is 1. The van der Waals surface area contributed by atoms with E-state index in [-0.39, 0.29) is 10.7 Å². The average Bonchev–Trinajstić information content (AvgIpc) is 2.86. The zero-order chi connectivity index (χ0) is 14.8. The highest BCUT2D eigenvalue weighted by atomic mass is 32.1. The number of fused-ring (bicyclic) bond motifs is 1. The number of aromatic carboxylic acids is 1. The predicted octanol–water partition coefficient (Wildman–Crippen LogP) is 3.94. The summed E-state index contributed by atoms with van der Waals surface area (Å²) in [4.78, 5) is 11.6. The van der Waals surface area contributed by atoms with Gasteiger partial charge < -0.3 is 10.4 Å². The van der Waals surface area contributed by atoms with Crippen LogP contribution in [-0.4, -0.2) is 17.1 Å². The van der Waals surface area contributed by atoms with Gasteiger partial charge in [-0.05, 0) is 31.4 Å². The number of hydrogen-bond donors (Lipinski definition) is 2. The quantitative estimate of drug-likeness (QED) is 0.841. The standard InChI is InChI=1S/C16H16FNO2S/c17-12-7-4-8-13-14(12)11(15(21-13)16(19)20)9-18-10-5-2-1-3-6-10/h1-2,4,7-8,10,18H,3,5-6,9H2,(H,19,20). The Morgan fingerprint density at radius 2 is 2.29 bits per heavy atom. The van der Waals surface area contributed by atoms with Crippen LogP contribution in [-0.2, 0) is 6.54 Å². The molecule has 0 saturated carbocycles. The lowest BCUT2D eigenvalue weighted by atomic mass is 10.0. The Hall–Kier alpha value is -1.72. The topological polar surface area (TPSA) is 49.3 Å². The molecular formula is C16H16FNO2S. The molecule has 1 aromatic carbocycles. The molecule has 2 aromatic rings. The van der Waals surface area contributed by atoms with Crippen molar-refractivity contribution in [3.8, 4) is 0 Å². The number of carboxylic acids is 1. The number of nitrogens with one attached hydrogen (secondary N) is 1. The van der Waals surface area contributed by atoms with Gasteiger partial charge in [0.25, 0.3) is 0 Å². The fraction of sp³-hybridized carbons (Fsp3) is 0.312. The number of halogens is 1. The van der Waals surface area contributed by atoms with E-state index >= 15 is 0 Å². The second-order valence-electron chi connectivity index (χ2n) is 5.19. The van der Waals surface area contributed by atoms with Gasteiger partial charge in [0.05, 0.1) is 0 Å². The minimum Gasteiger partial charge on any atom is -0.477 e. The first-order valence-corrected chi connectivity index (χ1v) is 7.80. The molecule has 0 bridgehead atoms. The van der Waals surface area contributed by atoms with Crippen molar-refractivity contribution in [2.75, 3.05) is 0 Å². The molecule has 21 heavy (non-hydrogen) atoms. The van der Waals surface area contributed by atoms with Crippen molar-refractivity contribution in [2.45, 2.75) is 31.8 Å². The molecule has 0 aliphatic heterocycles. The van der Waals surface area contributed by atoms with E-state index in [1.54, 1.807) is 12.1 Å². The van der Waals surface area contributed by atoms with Gasteiger partial charge in [-0.1, -0.05) is 18.2 Å². The van der Waals surface area contributed by atoms with Crippen molar-refractivity contribution < 1.29 is 14.3 Å². The first-order chi connectivity index (χ1) is 10.2. The third-order valence-corrected chi connectivity index (χ3v) is 4.98. The summed E-state index contributed by atoms with van der Waals surface area (Å²) < 4.78 is 14.8. The van der Waals surface area contributed by atoms with E-state index in [0.29, 0.717) is 28.2 Å². The Kier molecular flexibility index (Phi) is 4.03. The van der Waals surface area contributed by atoms with Gasteiger partial charge in [-0.25, -0.2) is 9.18 Å². The van der Waals surface area contributed by atoms with Crippen LogP contribution in [0.2, 0.25) is 0 Å². The fourth-order valence-corrected chi connectivity index (χ4v) is 3.81. The molecule has 5 heteroatoms. The van der Waals surface area contributed by atoms with Crippen molar-refractivity contribution in [3.05, 3.63) is 46.6 Å². The third-order valence-electron chi connectivity index (χ3n) is 3.79. The molecule has 1 aliphatic rings. The van der Waals surface area contributed by atoms with E-state index in [1.807, 2.05) is 0 Å². The van der Waals surface area contributed by atoms with Gasteiger partial charge in [0.15, 0.2) is 0 Å². The second-order valence-corrected chi connectivity index (χ2v) is 6.24. The molecule has 110 valence electrons. The molecule has 2 N–H and O–H groups in total. The van der Waals surface area contributed by atoms with E-state index in [2.05, 4.69) is 17.5 Å². The van der Waals surface area contributed by atoms with Crippen LogP contribution in [0.3, 0.4) is 0 Å². The molecule has 1 unspecified atom stereocenters. The summed E-state index contributed by atoms with van der Waals surface area (Å²) >= 11 is 1.14. The molecule has 1 atom stereocenters. The van der Waals surface area contributed by atoms with Gasteiger partial charge in [-0.3, -0.25) is 0 Å².